The zero-order valence-electron chi connectivity index (χ0n) is 23.8. The molecule has 1 amide bonds. The second-order valence-corrected chi connectivity index (χ2v) is 13.0. The summed E-state index contributed by atoms with van der Waals surface area (Å²) in [6, 6.07) is 25.6. The Hall–Kier alpha value is -4.29. The standard InChI is InChI=1S/C36H32N2O3S/c1-21(2)19-23-14-16-24(17-15-23)33(39)31-32(34(40)29-13-8-18-42-29)38-28-12-7-4-9-25(28)22(3)20-30(38)36(31)26-10-5-6-11-27(26)37-35(36)41/h4-18,20-21,30-32H,19H2,1-3H3,(H,37,41)/t30-,31-,32+,36-/m0/s1. The number of Topliss-reactive ketones (excluding diaryl/α,β-unsaturated/α-hetero) is 2. The van der Waals surface area contributed by atoms with Crippen molar-refractivity contribution in [2.75, 3.05) is 10.2 Å². The van der Waals surface area contributed by atoms with Gasteiger partial charge in [0.05, 0.1) is 16.8 Å². The van der Waals surface area contributed by atoms with Gasteiger partial charge in [-0.1, -0.05) is 86.7 Å². The van der Waals surface area contributed by atoms with Crippen LogP contribution in [0.2, 0.25) is 0 Å². The predicted octanol–water partition coefficient (Wildman–Crippen LogP) is 7.19. The van der Waals surface area contributed by atoms with Crippen molar-refractivity contribution in [1.29, 1.82) is 0 Å². The van der Waals surface area contributed by atoms with Crippen molar-refractivity contribution >= 4 is 45.8 Å². The van der Waals surface area contributed by atoms with Crippen molar-refractivity contribution in [2.45, 2.75) is 44.7 Å². The number of nitrogens with one attached hydrogen (secondary N) is 1. The summed E-state index contributed by atoms with van der Waals surface area (Å²) < 4.78 is 0. The second-order valence-electron chi connectivity index (χ2n) is 12.0. The van der Waals surface area contributed by atoms with Crippen molar-refractivity contribution in [3.8, 4) is 0 Å². The molecule has 3 aliphatic heterocycles. The molecule has 5 nitrogen and oxygen atoms in total. The molecule has 210 valence electrons. The Kier molecular flexibility index (Phi) is 6.28. The quantitative estimate of drug-likeness (QED) is 0.248. The van der Waals surface area contributed by atoms with E-state index in [9.17, 15) is 14.4 Å². The van der Waals surface area contributed by atoms with E-state index in [1.807, 2.05) is 97.2 Å². The molecule has 0 aliphatic carbocycles. The van der Waals surface area contributed by atoms with Crippen LogP contribution >= 0.6 is 11.3 Å². The summed E-state index contributed by atoms with van der Waals surface area (Å²) in [6.07, 6.45) is 3.01. The summed E-state index contributed by atoms with van der Waals surface area (Å²) in [5, 5.41) is 4.99. The summed E-state index contributed by atoms with van der Waals surface area (Å²) in [4.78, 5) is 46.7. The van der Waals surface area contributed by atoms with Gasteiger partial charge in [-0.05, 0) is 59.5 Å². The third-order valence-corrected chi connectivity index (χ3v) is 9.97. The van der Waals surface area contributed by atoms with E-state index >= 15 is 0 Å². The zero-order valence-corrected chi connectivity index (χ0v) is 24.7. The number of fused-ring (bicyclic) bond motifs is 6. The Morgan fingerprint density at radius 3 is 2.40 bits per heavy atom. The molecule has 0 bridgehead atoms. The minimum Gasteiger partial charge on any atom is -0.352 e. The molecule has 1 saturated heterocycles. The monoisotopic (exact) mass is 572 g/mol. The first-order chi connectivity index (χ1) is 20.3. The number of ketones is 2. The number of anilines is 2. The fourth-order valence-electron chi connectivity index (χ4n) is 7.41. The van der Waals surface area contributed by atoms with E-state index in [-0.39, 0.29) is 17.5 Å². The highest BCUT2D eigenvalue weighted by atomic mass is 32.1. The summed E-state index contributed by atoms with van der Waals surface area (Å²) in [5.41, 5.74) is 4.74. The number of rotatable bonds is 6. The normalized spacial score (nSPS) is 23.8. The number of nitrogens with zero attached hydrogens (tertiary/aromatic N) is 1. The fraction of sp³-hybridized carbons (Fsp3) is 0.250. The van der Waals surface area contributed by atoms with Crippen LogP contribution in [0, 0.1) is 11.8 Å². The summed E-state index contributed by atoms with van der Waals surface area (Å²) >= 11 is 1.37. The maximum Gasteiger partial charge on any atom is 0.238 e. The highest BCUT2D eigenvalue weighted by Crippen LogP contribution is 2.58. The maximum atomic E-state index is 14.9. The summed E-state index contributed by atoms with van der Waals surface area (Å²) in [5.74, 6) is -1.03. The molecule has 0 radical (unpaired) electrons. The van der Waals surface area contributed by atoms with Crippen LogP contribution in [0.4, 0.5) is 11.4 Å². The van der Waals surface area contributed by atoms with Crippen molar-refractivity contribution < 1.29 is 14.4 Å². The number of allylic oxidation sites excluding steroid dienone is 1. The number of amides is 1. The molecule has 1 spiro atoms. The van der Waals surface area contributed by atoms with E-state index < -0.39 is 23.4 Å². The molecule has 1 fully saturated rings. The number of thiophene rings is 1. The average Bonchev–Trinajstić information content (AvgIpc) is 3.70. The zero-order chi connectivity index (χ0) is 29.2. The topological polar surface area (TPSA) is 66.5 Å². The minimum absolute atomic E-state index is 0.137. The van der Waals surface area contributed by atoms with Crippen LogP contribution in [-0.4, -0.2) is 29.6 Å². The van der Waals surface area contributed by atoms with Crippen molar-refractivity contribution in [3.63, 3.8) is 0 Å². The minimum atomic E-state index is -1.29. The fourth-order valence-corrected chi connectivity index (χ4v) is 8.11. The van der Waals surface area contributed by atoms with Gasteiger partial charge in [0, 0.05) is 22.5 Å². The van der Waals surface area contributed by atoms with Crippen LogP contribution in [0.15, 0.2) is 96.4 Å². The number of carbonyl (C=O) groups excluding carboxylic acids is 3. The van der Waals surface area contributed by atoms with Crippen LogP contribution < -0.4 is 10.2 Å². The van der Waals surface area contributed by atoms with Crippen LogP contribution in [0.1, 0.15) is 57.5 Å². The molecule has 42 heavy (non-hydrogen) atoms. The molecule has 6 heteroatoms. The molecular weight excluding hydrogens is 540 g/mol. The highest BCUT2D eigenvalue weighted by molar-refractivity contribution is 7.12. The van der Waals surface area contributed by atoms with Crippen molar-refractivity contribution in [1.82, 2.24) is 0 Å². The maximum absolute atomic E-state index is 14.9. The van der Waals surface area contributed by atoms with Gasteiger partial charge in [-0.25, -0.2) is 0 Å². The molecule has 3 aromatic carbocycles. The molecular formula is C36H32N2O3S. The van der Waals surface area contributed by atoms with E-state index in [4.69, 9.17) is 0 Å². The third kappa shape index (κ3) is 3.78. The molecule has 0 saturated carbocycles. The second kappa shape index (κ2) is 9.92. The van der Waals surface area contributed by atoms with Crippen LogP contribution in [-0.2, 0) is 16.6 Å². The lowest BCUT2D eigenvalue weighted by atomic mass is 9.64. The van der Waals surface area contributed by atoms with Gasteiger partial charge in [-0.2, -0.15) is 0 Å². The smallest absolute Gasteiger partial charge is 0.238 e. The Labute approximate surface area is 249 Å². The summed E-state index contributed by atoms with van der Waals surface area (Å²) in [7, 11) is 0. The lowest BCUT2D eigenvalue weighted by Crippen LogP contribution is -2.51. The van der Waals surface area contributed by atoms with Gasteiger partial charge >= 0.3 is 0 Å². The Morgan fingerprint density at radius 1 is 0.929 bits per heavy atom. The van der Waals surface area contributed by atoms with Gasteiger partial charge in [-0.15, -0.1) is 11.3 Å². The first-order valence-corrected chi connectivity index (χ1v) is 15.4. The van der Waals surface area contributed by atoms with Gasteiger partial charge in [0.25, 0.3) is 0 Å². The highest BCUT2D eigenvalue weighted by Gasteiger charge is 2.70. The van der Waals surface area contributed by atoms with Crippen molar-refractivity contribution in [2.24, 2.45) is 11.8 Å². The lowest BCUT2D eigenvalue weighted by molar-refractivity contribution is -0.121. The van der Waals surface area contributed by atoms with Crippen LogP contribution in [0.25, 0.3) is 5.57 Å². The average molecular weight is 573 g/mol. The molecule has 7 rings (SSSR count). The van der Waals surface area contributed by atoms with E-state index in [1.165, 1.54) is 11.3 Å². The SMILES string of the molecule is CC1=C[C@@H]2N(c3ccccc31)[C@@H](C(=O)c1cccs1)[C@@H](C(=O)c1ccc(CC(C)C)cc1)[C@@]21C(=O)Nc2ccccc21. The van der Waals surface area contributed by atoms with E-state index in [0.29, 0.717) is 22.0 Å². The first-order valence-electron chi connectivity index (χ1n) is 14.5. The molecule has 3 aliphatic rings. The van der Waals surface area contributed by atoms with E-state index in [2.05, 4.69) is 30.1 Å². The molecule has 0 unspecified atom stereocenters. The number of carbonyl (C=O) groups is 3. The van der Waals surface area contributed by atoms with Crippen molar-refractivity contribution in [3.05, 3.63) is 124 Å². The van der Waals surface area contributed by atoms with Gasteiger partial charge in [-0.3, -0.25) is 14.4 Å². The third-order valence-electron chi connectivity index (χ3n) is 9.08. The lowest BCUT2D eigenvalue weighted by Gasteiger charge is -2.39. The van der Waals surface area contributed by atoms with E-state index in [0.717, 1.165) is 34.4 Å². The van der Waals surface area contributed by atoms with Gasteiger partial charge in [0.15, 0.2) is 11.6 Å². The number of hydrogen-bond acceptors (Lipinski definition) is 5. The van der Waals surface area contributed by atoms with Gasteiger partial charge in [0.2, 0.25) is 5.91 Å². The molecule has 4 aromatic rings. The number of hydrogen-bond donors (Lipinski definition) is 1. The van der Waals surface area contributed by atoms with Crippen LogP contribution in [0.5, 0.6) is 0 Å². The largest absolute Gasteiger partial charge is 0.352 e. The molecule has 1 N–H and O–H groups in total. The molecule has 4 heterocycles. The molecule has 4 atom stereocenters. The van der Waals surface area contributed by atoms with Gasteiger partial charge < -0.3 is 10.2 Å². The first kappa shape index (κ1) is 26.6. The summed E-state index contributed by atoms with van der Waals surface area (Å²) in [6.45, 7) is 6.38. The number of benzene rings is 3. The Bertz CT molecular complexity index is 1750. The van der Waals surface area contributed by atoms with E-state index in [1.54, 1.807) is 0 Å². The molecule has 1 aromatic heterocycles. The van der Waals surface area contributed by atoms with Crippen LogP contribution in [0.3, 0.4) is 0 Å². The number of para-hydroxylation sites is 2. The predicted molar refractivity (Wildman–Crippen MR) is 168 cm³/mol. The Morgan fingerprint density at radius 2 is 1.67 bits per heavy atom. The Balaban J connectivity index is 1.50. The van der Waals surface area contributed by atoms with Gasteiger partial charge in [0.1, 0.15) is 11.5 Å².